The number of carbonyl (C=O) groups excluding carboxylic acids is 1. The summed E-state index contributed by atoms with van der Waals surface area (Å²) in [6, 6.07) is 17.4. The normalized spacial score (nSPS) is 12.3. The van der Waals surface area contributed by atoms with Crippen molar-refractivity contribution < 1.29 is 9.53 Å². The van der Waals surface area contributed by atoms with Crippen molar-refractivity contribution in [1.29, 1.82) is 0 Å². The summed E-state index contributed by atoms with van der Waals surface area (Å²) in [7, 11) is 3.47. The van der Waals surface area contributed by atoms with Crippen LogP contribution in [0, 0.1) is 0 Å². The van der Waals surface area contributed by atoms with Gasteiger partial charge in [0.2, 0.25) is 5.91 Å². The number of nitrogens with zero attached hydrogens (tertiary/aromatic N) is 2. The van der Waals surface area contributed by atoms with Crippen LogP contribution < -0.4 is 5.32 Å². The predicted octanol–water partition coefficient (Wildman–Crippen LogP) is 2.43. The first-order valence-electron chi connectivity index (χ1n) is 7.45. The zero-order valence-corrected chi connectivity index (χ0v) is 13.2. The van der Waals surface area contributed by atoms with E-state index in [-0.39, 0.29) is 18.6 Å². The molecule has 3 aromatic rings. The number of para-hydroxylation sites is 2. The molecule has 23 heavy (non-hydrogen) atoms. The Hall–Kier alpha value is -2.66. The number of fused-ring (bicyclic) bond motifs is 1. The largest absolute Gasteiger partial charge is 0.375 e. The topological polar surface area (TPSA) is 56.1 Å². The number of nitrogens with one attached hydrogen (secondary N) is 1. The molecule has 0 saturated heterocycles. The molecule has 3 rings (SSSR count). The third-order valence-corrected chi connectivity index (χ3v) is 3.79. The van der Waals surface area contributed by atoms with Gasteiger partial charge in [-0.25, -0.2) is 4.98 Å². The molecule has 2 aromatic carbocycles. The molecule has 1 N–H and O–H groups in total. The number of imidazole rings is 1. The van der Waals surface area contributed by atoms with E-state index in [1.165, 1.54) is 7.11 Å². The third kappa shape index (κ3) is 3.10. The molecule has 0 radical (unpaired) electrons. The Morgan fingerprint density at radius 1 is 1.17 bits per heavy atom. The maximum absolute atomic E-state index is 12.1. The standard InChI is InChI=1S/C18H19N3O2/c1-21-15-11-7-6-10-14(15)19-18(21)17(20-16(22)12-23-2)13-8-4-3-5-9-13/h3-11,17H,12H2,1-2H3,(H,20,22)/t17-/m1/s1. The molecule has 0 fully saturated rings. The number of benzene rings is 2. The van der Waals surface area contributed by atoms with Crippen molar-refractivity contribution in [3.63, 3.8) is 0 Å². The van der Waals surface area contributed by atoms with Gasteiger partial charge in [0.1, 0.15) is 18.5 Å². The smallest absolute Gasteiger partial charge is 0.246 e. The van der Waals surface area contributed by atoms with E-state index in [1.54, 1.807) is 0 Å². The molecule has 5 nitrogen and oxygen atoms in total. The average Bonchev–Trinajstić information content (AvgIpc) is 2.91. The van der Waals surface area contributed by atoms with Gasteiger partial charge in [-0.15, -0.1) is 0 Å². The van der Waals surface area contributed by atoms with Gasteiger partial charge in [-0.3, -0.25) is 4.79 Å². The van der Waals surface area contributed by atoms with Gasteiger partial charge in [-0.2, -0.15) is 0 Å². The Balaban J connectivity index is 2.06. The number of methoxy groups -OCH3 is 1. The van der Waals surface area contributed by atoms with Crippen LogP contribution in [0.15, 0.2) is 54.6 Å². The van der Waals surface area contributed by atoms with E-state index in [1.807, 2.05) is 66.2 Å². The molecule has 1 heterocycles. The Labute approximate surface area is 134 Å². The first-order valence-corrected chi connectivity index (χ1v) is 7.45. The number of amides is 1. The van der Waals surface area contributed by atoms with E-state index < -0.39 is 0 Å². The summed E-state index contributed by atoms with van der Waals surface area (Å²) in [6.45, 7) is 0.0211. The van der Waals surface area contributed by atoms with Crippen LogP contribution in [0.5, 0.6) is 0 Å². The van der Waals surface area contributed by atoms with Crippen molar-refractivity contribution >= 4 is 16.9 Å². The van der Waals surface area contributed by atoms with Crippen molar-refractivity contribution in [2.75, 3.05) is 13.7 Å². The van der Waals surface area contributed by atoms with Crippen LogP contribution >= 0.6 is 0 Å². The predicted molar refractivity (Wildman–Crippen MR) is 89.0 cm³/mol. The average molecular weight is 309 g/mol. The zero-order valence-electron chi connectivity index (χ0n) is 13.2. The number of hydrogen-bond donors (Lipinski definition) is 1. The van der Waals surface area contributed by atoms with Gasteiger partial charge >= 0.3 is 0 Å². The fourth-order valence-electron chi connectivity index (χ4n) is 2.70. The molecule has 0 aliphatic rings. The monoisotopic (exact) mass is 309 g/mol. The SMILES string of the molecule is COCC(=O)N[C@H](c1ccccc1)c1nc2ccccc2n1C. The molecule has 0 aliphatic heterocycles. The van der Waals surface area contributed by atoms with E-state index in [4.69, 9.17) is 9.72 Å². The molecule has 118 valence electrons. The molecule has 1 atom stereocenters. The Morgan fingerprint density at radius 2 is 1.87 bits per heavy atom. The first kappa shape index (κ1) is 15.2. The van der Waals surface area contributed by atoms with E-state index in [9.17, 15) is 4.79 Å². The molecule has 0 unspecified atom stereocenters. The first-order chi connectivity index (χ1) is 11.2. The van der Waals surface area contributed by atoms with Gasteiger partial charge in [0.25, 0.3) is 0 Å². The fraction of sp³-hybridized carbons (Fsp3) is 0.222. The lowest BCUT2D eigenvalue weighted by Gasteiger charge is -2.19. The Kier molecular flexibility index (Phi) is 4.39. The van der Waals surface area contributed by atoms with E-state index in [0.29, 0.717) is 0 Å². The minimum Gasteiger partial charge on any atom is -0.375 e. The van der Waals surface area contributed by atoms with E-state index in [0.717, 1.165) is 22.4 Å². The number of aryl methyl sites for hydroxylation is 1. The number of aromatic nitrogens is 2. The molecule has 5 heteroatoms. The molecule has 0 saturated carbocycles. The molecule has 0 bridgehead atoms. The highest BCUT2D eigenvalue weighted by molar-refractivity contribution is 5.79. The second kappa shape index (κ2) is 6.62. The van der Waals surface area contributed by atoms with E-state index >= 15 is 0 Å². The number of hydrogen-bond acceptors (Lipinski definition) is 3. The third-order valence-electron chi connectivity index (χ3n) is 3.79. The molecule has 1 amide bonds. The number of carbonyl (C=O) groups is 1. The highest BCUT2D eigenvalue weighted by atomic mass is 16.5. The van der Waals surface area contributed by atoms with E-state index in [2.05, 4.69) is 5.32 Å². The molecular formula is C18H19N3O2. The molecular weight excluding hydrogens is 290 g/mol. The van der Waals surface area contributed by atoms with Gasteiger partial charge in [-0.1, -0.05) is 42.5 Å². The summed E-state index contributed by atoms with van der Waals surface area (Å²) in [5.74, 6) is 0.621. The number of rotatable bonds is 5. The lowest BCUT2D eigenvalue weighted by atomic mass is 10.1. The maximum atomic E-state index is 12.1. The zero-order chi connectivity index (χ0) is 16.2. The summed E-state index contributed by atoms with van der Waals surface area (Å²) in [4.78, 5) is 16.8. The van der Waals surface area contributed by atoms with Crippen molar-refractivity contribution in [1.82, 2.24) is 14.9 Å². The quantitative estimate of drug-likeness (QED) is 0.787. The van der Waals surface area contributed by atoms with Crippen molar-refractivity contribution in [2.24, 2.45) is 7.05 Å². The second-order valence-electron chi connectivity index (χ2n) is 5.36. The summed E-state index contributed by atoms with van der Waals surface area (Å²) < 4.78 is 6.94. The Morgan fingerprint density at radius 3 is 2.57 bits per heavy atom. The summed E-state index contributed by atoms with van der Waals surface area (Å²) in [5.41, 5.74) is 2.92. The van der Waals surface area contributed by atoms with Gasteiger partial charge < -0.3 is 14.6 Å². The lowest BCUT2D eigenvalue weighted by Crippen LogP contribution is -2.33. The van der Waals surface area contributed by atoms with Crippen LogP contribution in [0.2, 0.25) is 0 Å². The minimum absolute atomic E-state index is 0.0211. The van der Waals surface area contributed by atoms with Gasteiger partial charge in [0, 0.05) is 14.2 Å². The summed E-state index contributed by atoms with van der Waals surface area (Å²) in [6.07, 6.45) is 0. The fourth-order valence-corrected chi connectivity index (χ4v) is 2.70. The van der Waals surface area contributed by atoms with Gasteiger partial charge in [0.05, 0.1) is 11.0 Å². The minimum atomic E-state index is -0.323. The van der Waals surface area contributed by atoms with Gasteiger partial charge in [0.15, 0.2) is 0 Å². The van der Waals surface area contributed by atoms with Crippen molar-refractivity contribution in [2.45, 2.75) is 6.04 Å². The molecule has 0 spiro atoms. The highest BCUT2D eigenvalue weighted by Gasteiger charge is 2.22. The molecule has 1 aromatic heterocycles. The van der Waals surface area contributed by atoms with Crippen LogP contribution in [-0.4, -0.2) is 29.2 Å². The van der Waals surface area contributed by atoms with Crippen LogP contribution in [0.3, 0.4) is 0 Å². The number of ether oxygens (including phenoxy) is 1. The van der Waals surface area contributed by atoms with Gasteiger partial charge in [-0.05, 0) is 17.7 Å². The summed E-state index contributed by atoms with van der Waals surface area (Å²) >= 11 is 0. The highest BCUT2D eigenvalue weighted by Crippen LogP contribution is 2.24. The van der Waals surface area contributed by atoms with Crippen LogP contribution in [0.4, 0.5) is 0 Å². The van der Waals surface area contributed by atoms with Crippen LogP contribution in [0.1, 0.15) is 17.4 Å². The molecule has 0 aliphatic carbocycles. The van der Waals surface area contributed by atoms with Crippen LogP contribution in [-0.2, 0) is 16.6 Å². The second-order valence-corrected chi connectivity index (χ2v) is 5.36. The Bertz CT molecular complexity index is 812. The maximum Gasteiger partial charge on any atom is 0.246 e. The van der Waals surface area contributed by atoms with Crippen molar-refractivity contribution in [3.8, 4) is 0 Å². The summed E-state index contributed by atoms with van der Waals surface area (Å²) in [5, 5.41) is 3.01. The van der Waals surface area contributed by atoms with Crippen LogP contribution in [0.25, 0.3) is 11.0 Å². The lowest BCUT2D eigenvalue weighted by molar-refractivity contribution is -0.125. The van der Waals surface area contributed by atoms with Crippen molar-refractivity contribution in [3.05, 3.63) is 66.0 Å².